The van der Waals surface area contributed by atoms with Gasteiger partial charge in [-0.2, -0.15) is 0 Å². The molecule has 2 rings (SSSR count). The largest absolute Gasteiger partial charge is 0.452 e. The number of hydrogen-bond donors (Lipinski definition) is 0. The maximum absolute atomic E-state index is 12.6. The number of hydrogen-bond acceptors (Lipinski definition) is 4. The number of benzene rings is 1. The zero-order chi connectivity index (χ0) is 18.4. The van der Waals surface area contributed by atoms with Crippen molar-refractivity contribution in [2.45, 2.75) is 32.9 Å². The van der Waals surface area contributed by atoms with Gasteiger partial charge in [0.2, 0.25) is 0 Å². The van der Waals surface area contributed by atoms with Crippen LogP contribution in [0.15, 0.2) is 53.3 Å². The summed E-state index contributed by atoms with van der Waals surface area (Å²) >= 11 is 3.25. The maximum atomic E-state index is 12.6. The molecule has 132 valence electrons. The summed E-state index contributed by atoms with van der Waals surface area (Å²) in [4.78, 5) is 30.3. The van der Waals surface area contributed by atoms with Gasteiger partial charge in [0.1, 0.15) is 0 Å². The summed E-state index contributed by atoms with van der Waals surface area (Å²) in [7, 11) is 0. The highest BCUT2D eigenvalue weighted by Gasteiger charge is 2.27. The van der Waals surface area contributed by atoms with E-state index in [2.05, 4.69) is 20.9 Å². The lowest BCUT2D eigenvalue weighted by molar-refractivity contribution is -0.140. The van der Waals surface area contributed by atoms with E-state index in [1.54, 1.807) is 17.2 Å². The minimum absolute atomic E-state index is 0.243. The van der Waals surface area contributed by atoms with Crippen LogP contribution in [0.3, 0.4) is 0 Å². The molecule has 0 unspecified atom stereocenters. The smallest absolute Gasteiger partial charge is 0.340 e. The summed E-state index contributed by atoms with van der Waals surface area (Å²) in [5, 5.41) is 0. The summed E-state index contributed by atoms with van der Waals surface area (Å²) < 4.78 is 5.84. The first-order chi connectivity index (χ1) is 11.8. The predicted octanol–water partition coefficient (Wildman–Crippen LogP) is 3.83. The Balaban J connectivity index is 2.03. The Morgan fingerprint density at radius 1 is 1.16 bits per heavy atom. The van der Waals surface area contributed by atoms with Crippen LogP contribution in [0, 0.1) is 0 Å². The quantitative estimate of drug-likeness (QED) is 0.710. The molecule has 0 atom stereocenters. The highest BCUT2D eigenvalue weighted by atomic mass is 79.9. The molecule has 0 spiro atoms. The molecule has 0 saturated heterocycles. The number of rotatable bonds is 5. The van der Waals surface area contributed by atoms with Crippen LogP contribution in [0.5, 0.6) is 0 Å². The van der Waals surface area contributed by atoms with Crippen molar-refractivity contribution in [2.24, 2.45) is 0 Å². The van der Waals surface area contributed by atoms with Crippen molar-refractivity contribution in [2.75, 3.05) is 6.61 Å². The van der Waals surface area contributed by atoms with Crippen LogP contribution in [0.25, 0.3) is 0 Å². The Morgan fingerprint density at radius 3 is 2.44 bits per heavy atom. The van der Waals surface area contributed by atoms with Crippen molar-refractivity contribution < 1.29 is 14.3 Å². The molecule has 0 bridgehead atoms. The molecule has 1 heterocycles. The summed E-state index contributed by atoms with van der Waals surface area (Å²) in [6.07, 6.45) is 2.98. The standard InChI is InChI=1S/C19H21BrN2O3/c1-19(2,3)22(12-14-7-5-4-6-8-14)17(23)13-25-18(24)15-9-16(20)11-21-10-15/h4-11H,12-13H2,1-3H3. The number of halogens is 1. The number of aromatic nitrogens is 1. The highest BCUT2D eigenvalue weighted by Crippen LogP contribution is 2.18. The Kier molecular flexibility index (Phi) is 6.31. The number of nitrogens with zero attached hydrogens (tertiary/aromatic N) is 2. The van der Waals surface area contributed by atoms with Crippen molar-refractivity contribution in [3.05, 3.63) is 64.4 Å². The van der Waals surface area contributed by atoms with Gasteiger partial charge in [-0.3, -0.25) is 9.78 Å². The molecule has 0 saturated carbocycles. The molecule has 5 nitrogen and oxygen atoms in total. The number of carbonyl (C=O) groups is 2. The SMILES string of the molecule is CC(C)(C)N(Cc1ccccc1)C(=O)COC(=O)c1cncc(Br)c1. The van der Waals surface area contributed by atoms with Crippen LogP contribution in [0.4, 0.5) is 0 Å². The molecule has 0 fully saturated rings. The zero-order valence-electron chi connectivity index (χ0n) is 14.5. The number of amides is 1. The van der Waals surface area contributed by atoms with E-state index in [9.17, 15) is 9.59 Å². The third kappa shape index (κ3) is 5.67. The summed E-state index contributed by atoms with van der Waals surface area (Å²) in [5.74, 6) is -0.816. The second-order valence-electron chi connectivity index (χ2n) is 6.60. The van der Waals surface area contributed by atoms with Gasteiger partial charge in [-0.25, -0.2) is 4.79 Å². The number of esters is 1. The van der Waals surface area contributed by atoms with Gasteiger partial charge < -0.3 is 9.64 Å². The Bertz CT molecular complexity index is 742. The van der Waals surface area contributed by atoms with E-state index >= 15 is 0 Å². The van der Waals surface area contributed by atoms with Crippen molar-refractivity contribution >= 4 is 27.8 Å². The second kappa shape index (κ2) is 8.25. The van der Waals surface area contributed by atoms with Crippen LogP contribution >= 0.6 is 15.9 Å². The lowest BCUT2D eigenvalue weighted by Crippen LogP contribution is -2.46. The van der Waals surface area contributed by atoms with Gasteiger partial charge in [0.05, 0.1) is 5.56 Å². The Morgan fingerprint density at radius 2 is 1.84 bits per heavy atom. The maximum Gasteiger partial charge on any atom is 0.340 e. The van der Waals surface area contributed by atoms with Crippen molar-refractivity contribution in [3.8, 4) is 0 Å². The number of carbonyl (C=O) groups excluding carboxylic acids is 2. The fourth-order valence-corrected chi connectivity index (χ4v) is 2.64. The molecule has 2 aromatic rings. The summed E-state index contributed by atoms with van der Waals surface area (Å²) in [6, 6.07) is 11.3. The van der Waals surface area contributed by atoms with Crippen molar-refractivity contribution in [3.63, 3.8) is 0 Å². The van der Waals surface area contributed by atoms with E-state index in [1.165, 1.54) is 6.20 Å². The minimum atomic E-state index is -0.573. The van der Waals surface area contributed by atoms with Gasteiger partial charge in [-0.15, -0.1) is 0 Å². The molecule has 1 amide bonds. The van der Waals surface area contributed by atoms with E-state index in [0.717, 1.165) is 5.56 Å². The summed E-state index contributed by atoms with van der Waals surface area (Å²) in [5.41, 5.74) is 0.928. The van der Waals surface area contributed by atoms with Gasteiger partial charge in [-0.05, 0) is 48.3 Å². The number of pyridine rings is 1. The highest BCUT2D eigenvalue weighted by molar-refractivity contribution is 9.10. The molecular formula is C19H21BrN2O3. The third-order valence-corrected chi connectivity index (χ3v) is 4.00. The van der Waals surface area contributed by atoms with E-state index in [4.69, 9.17) is 4.74 Å². The van der Waals surface area contributed by atoms with Gasteiger partial charge in [0.25, 0.3) is 5.91 Å². The molecule has 25 heavy (non-hydrogen) atoms. The van der Waals surface area contributed by atoms with Crippen LogP contribution in [-0.4, -0.2) is 33.9 Å². The van der Waals surface area contributed by atoms with Crippen LogP contribution in [0.1, 0.15) is 36.7 Å². The van der Waals surface area contributed by atoms with Crippen LogP contribution in [0.2, 0.25) is 0 Å². The first-order valence-electron chi connectivity index (χ1n) is 7.89. The average Bonchev–Trinajstić information content (AvgIpc) is 2.57. The number of ether oxygens (including phenoxy) is 1. The van der Waals surface area contributed by atoms with E-state index in [-0.39, 0.29) is 12.5 Å². The topological polar surface area (TPSA) is 59.5 Å². The lowest BCUT2D eigenvalue weighted by Gasteiger charge is -2.35. The van der Waals surface area contributed by atoms with E-state index in [0.29, 0.717) is 16.6 Å². The molecule has 1 aromatic heterocycles. The molecule has 0 aliphatic heterocycles. The zero-order valence-corrected chi connectivity index (χ0v) is 16.1. The first-order valence-corrected chi connectivity index (χ1v) is 8.69. The van der Waals surface area contributed by atoms with Crippen molar-refractivity contribution in [1.29, 1.82) is 0 Å². The van der Waals surface area contributed by atoms with Crippen LogP contribution < -0.4 is 0 Å². The normalized spacial score (nSPS) is 11.0. The Hall–Kier alpha value is -2.21. The van der Waals surface area contributed by atoms with E-state index < -0.39 is 11.5 Å². The lowest BCUT2D eigenvalue weighted by atomic mass is 10.0. The molecule has 1 aromatic carbocycles. The summed E-state index contributed by atoms with van der Waals surface area (Å²) in [6.45, 7) is 6.00. The molecule has 0 N–H and O–H groups in total. The van der Waals surface area contributed by atoms with Gasteiger partial charge in [0.15, 0.2) is 6.61 Å². The van der Waals surface area contributed by atoms with Crippen LogP contribution in [-0.2, 0) is 16.1 Å². The second-order valence-corrected chi connectivity index (χ2v) is 7.52. The van der Waals surface area contributed by atoms with Gasteiger partial charge in [0, 0.05) is 29.0 Å². The molecule has 0 radical (unpaired) electrons. The monoisotopic (exact) mass is 404 g/mol. The van der Waals surface area contributed by atoms with E-state index in [1.807, 2.05) is 51.1 Å². The minimum Gasteiger partial charge on any atom is -0.452 e. The van der Waals surface area contributed by atoms with Gasteiger partial charge >= 0.3 is 5.97 Å². The van der Waals surface area contributed by atoms with Gasteiger partial charge in [-0.1, -0.05) is 30.3 Å². The third-order valence-electron chi connectivity index (χ3n) is 3.56. The molecule has 0 aliphatic rings. The first kappa shape index (κ1) is 19.1. The fourth-order valence-electron chi connectivity index (χ4n) is 2.28. The fraction of sp³-hybridized carbons (Fsp3) is 0.316. The molecular weight excluding hydrogens is 384 g/mol. The Labute approximate surface area is 156 Å². The molecule has 6 heteroatoms. The predicted molar refractivity (Wildman–Crippen MR) is 99.0 cm³/mol. The average molecular weight is 405 g/mol. The molecule has 0 aliphatic carbocycles. The van der Waals surface area contributed by atoms with Crippen molar-refractivity contribution in [1.82, 2.24) is 9.88 Å².